The Morgan fingerprint density at radius 3 is 2.47 bits per heavy atom. The molecule has 1 heterocycles. The van der Waals surface area contributed by atoms with Crippen molar-refractivity contribution < 1.29 is 1.37 Å². The molecule has 2 aromatic carbocycles. The SMILES string of the molecule is [2H]c1c(CC)c2ccccc2n1-c1ccccc1. The van der Waals surface area contributed by atoms with Crippen LogP contribution in [0.5, 0.6) is 0 Å². The van der Waals surface area contributed by atoms with Crippen LogP contribution in [0.1, 0.15) is 13.9 Å². The van der Waals surface area contributed by atoms with Gasteiger partial charge in [-0.1, -0.05) is 43.3 Å². The molecule has 1 nitrogen and oxygen atoms in total. The van der Waals surface area contributed by atoms with Crippen LogP contribution in [0.2, 0.25) is 0 Å². The number of aromatic nitrogens is 1. The van der Waals surface area contributed by atoms with E-state index >= 15 is 0 Å². The molecule has 1 aromatic heterocycles. The smallest absolute Gasteiger partial charge is 0.0825 e. The van der Waals surface area contributed by atoms with Gasteiger partial charge in [0.15, 0.2) is 0 Å². The summed E-state index contributed by atoms with van der Waals surface area (Å²) < 4.78 is 10.4. The molecule has 0 N–H and O–H groups in total. The van der Waals surface area contributed by atoms with Crippen molar-refractivity contribution in [3.05, 3.63) is 66.3 Å². The molecule has 0 bridgehead atoms. The fourth-order valence-corrected chi connectivity index (χ4v) is 2.23. The van der Waals surface area contributed by atoms with Crippen molar-refractivity contribution in [2.24, 2.45) is 0 Å². The van der Waals surface area contributed by atoms with Gasteiger partial charge in [-0.3, -0.25) is 0 Å². The van der Waals surface area contributed by atoms with Crippen molar-refractivity contribution in [1.29, 1.82) is 0 Å². The minimum atomic E-state index is 0.602. The molecule has 0 amide bonds. The number of aryl methyl sites for hydroxylation is 1. The van der Waals surface area contributed by atoms with E-state index in [0.717, 1.165) is 23.2 Å². The maximum atomic E-state index is 8.38. The Kier molecular flexibility index (Phi) is 2.18. The zero-order valence-electron chi connectivity index (χ0n) is 10.9. The molecule has 1 heteroatoms. The third-order valence-corrected chi connectivity index (χ3v) is 3.08. The van der Waals surface area contributed by atoms with Crippen LogP contribution in [-0.2, 0) is 6.42 Å². The van der Waals surface area contributed by atoms with Crippen molar-refractivity contribution in [1.82, 2.24) is 4.57 Å². The van der Waals surface area contributed by atoms with E-state index in [1.165, 1.54) is 5.39 Å². The van der Waals surface area contributed by atoms with Crippen molar-refractivity contribution >= 4 is 10.9 Å². The first kappa shape index (κ1) is 9.06. The van der Waals surface area contributed by atoms with Crippen LogP contribution in [0, 0.1) is 0 Å². The van der Waals surface area contributed by atoms with Gasteiger partial charge in [-0.2, -0.15) is 0 Å². The van der Waals surface area contributed by atoms with Gasteiger partial charge in [-0.15, -0.1) is 0 Å². The molecular formula is C16H15N. The molecular weight excluding hydrogens is 206 g/mol. The van der Waals surface area contributed by atoms with Gasteiger partial charge < -0.3 is 4.57 Å². The highest BCUT2D eigenvalue weighted by Crippen LogP contribution is 2.24. The first-order chi connectivity index (χ1) is 8.83. The predicted octanol–water partition coefficient (Wildman–Crippen LogP) is 4.19. The number of para-hydroxylation sites is 2. The van der Waals surface area contributed by atoms with E-state index < -0.39 is 0 Å². The van der Waals surface area contributed by atoms with Gasteiger partial charge in [0.2, 0.25) is 0 Å². The Balaban J connectivity index is 2.39. The van der Waals surface area contributed by atoms with E-state index in [9.17, 15) is 0 Å². The van der Waals surface area contributed by atoms with Crippen LogP contribution in [0.4, 0.5) is 0 Å². The Morgan fingerprint density at radius 1 is 1.00 bits per heavy atom. The van der Waals surface area contributed by atoms with Crippen molar-refractivity contribution in [2.45, 2.75) is 13.3 Å². The molecule has 17 heavy (non-hydrogen) atoms. The van der Waals surface area contributed by atoms with Gasteiger partial charge in [-0.25, -0.2) is 0 Å². The van der Waals surface area contributed by atoms with Gasteiger partial charge in [0, 0.05) is 17.2 Å². The van der Waals surface area contributed by atoms with Gasteiger partial charge in [0.1, 0.15) is 0 Å². The molecule has 0 fully saturated rings. The van der Waals surface area contributed by atoms with Gasteiger partial charge in [-0.05, 0) is 30.2 Å². The standard InChI is InChI=1S/C16H15N/c1-2-13-12-17(14-8-4-3-5-9-14)16-11-7-6-10-15(13)16/h3-12H,2H2,1H3/i12D. The lowest BCUT2D eigenvalue weighted by atomic mass is 10.1. The van der Waals surface area contributed by atoms with E-state index in [1.807, 2.05) is 47.0 Å². The number of hydrogen-bond donors (Lipinski definition) is 0. The molecule has 0 aliphatic carbocycles. The van der Waals surface area contributed by atoms with Crippen LogP contribution in [0.25, 0.3) is 16.6 Å². The number of benzene rings is 2. The lowest BCUT2D eigenvalue weighted by Gasteiger charge is -2.04. The molecule has 84 valence electrons. The second-order valence-corrected chi connectivity index (χ2v) is 4.13. The third kappa shape index (κ3) is 1.64. The number of nitrogens with zero attached hydrogens (tertiary/aromatic N) is 1. The average molecular weight is 222 g/mol. The van der Waals surface area contributed by atoms with Crippen molar-refractivity contribution in [2.75, 3.05) is 0 Å². The fraction of sp³-hybridized carbons (Fsp3) is 0.125. The summed E-state index contributed by atoms with van der Waals surface area (Å²) >= 11 is 0. The Hall–Kier alpha value is -2.02. The molecule has 0 unspecified atom stereocenters. The summed E-state index contributed by atoms with van der Waals surface area (Å²) in [6, 6.07) is 18.4. The highest BCUT2D eigenvalue weighted by Gasteiger charge is 2.07. The Morgan fingerprint density at radius 2 is 1.71 bits per heavy atom. The third-order valence-electron chi connectivity index (χ3n) is 3.08. The van der Waals surface area contributed by atoms with E-state index in [2.05, 4.69) is 19.1 Å². The highest BCUT2D eigenvalue weighted by molar-refractivity contribution is 5.85. The first-order valence-corrected chi connectivity index (χ1v) is 5.97. The van der Waals surface area contributed by atoms with Crippen molar-refractivity contribution in [3.8, 4) is 5.69 Å². The first-order valence-electron chi connectivity index (χ1n) is 6.47. The summed E-state index contributed by atoms with van der Waals surface area (Å²) in [5.41, 5.74) is 3.29. The molecule has 3 rings (SSSR count). The Labute approximate surface area is 103 Å². The molecule has 3 aromatic rings. The second kappa shape index (κ2) is 4.10. The molecule has 0 aliphatic rings. The van der Waals surface area contributed by atoms with Gasteiger partial charge in [0.05, 0.1) is 6.89 Å². The second-order valence-electron chi connectivity index (χ2n) is 4.13. The number of rotatable bonds is 2. The monoisotopic (exact) mass is 222 g/mol. The van der Waals surface area contributed by atoms with E-state index in [0.29, 0.717) is 6.17 Å². The van der Waals surface area contributed by atoms with Crippen LogP contribution >= 0.6 is 0 Å². The number of fused-ring (bicyclic) bond motifs is 1. The molecule has 0 saturated carbocycles. The lowest BCUT2D eigenvalue weighted by molar-refractivity contribution is 1.08. The van der Waals surface area contributed by atoms with Crippen molar-refractivity contribution in [3.63, 3.8) is 0 Å². The Bertz CT molecular complexity index is 683. The molecule has 0 saturated heterocycles. The molecule has 0 radical (unpaired) electrons. The van der Waals surface area contributed by atoms with Crippen LogP contribution in [-0.4, -0.2) is 4.57 Å². The average Bonchev–Trinajstić information content (AvgIpc) is 2.71. The fourth-order valence-electron chi connectivity index (χ4n) is 2.23. The predicted molar refractivity (Wildman–Crippen MR) is 72.7 cm³/mol. The van der Waals surface area contributed by atoms with E-state index in [4.69, 9.17) is 1.37 Å². The number of hydrogen-bond acceptors (Lipinski definition) is 0. The molecule has 0 atom stereocenters. The summed E-state index contributed by atoms with van der Waals surface area (Å²) in [5, 5.41) is 1.19. The topological polar surface area (TPSA) is 4.93 Å². The lowest BCUT2D eigenvalue weighted by Crippen LogP contribution is -1.90. The molecule has 0 aliphatic heterocycles. The maximum absolute atomic E-state index is 8.38. The summed E-state index contributed by atoms with van der Waals surface area (Å²) in [7, 11) is 0. The minimum Gasteiger partial charge on any atom is -0.316 e. The molecule has 0 spiro atoms. The zero-order valence-corrected chi connectivity index (χ0v) is 9.85. The zero-order chi connectivity index (χ0) is 12.5. The van der Waals surface area contributed by atoms with Crippen LogP contribution in [0.15, 0.2) is 60.8 Å². The van der Waals surface area contributed by atoms with E-state index in [1.54, 1.807) is 0 Å². The summed E-state index contributed by atoms with van der Waals surface area (Å²) in [6.07, 6.45) is 1.49. The summed E-state index contributed by atoms with van der Waals surface area (Å²) in [6.45, 7) is 2.11. The quantitative estimate of drug-likeness (QED) is 0.612. The summed E-state index contributed by atoms with van der Waals surface area (Å²) in [4.78, 5) is 0. The van der Waals surface area contributed by atoms with Gasteiger partial charge in [0.25, 0.3) is 0 Å². The highest BCUT2D eigenvalue weighted by atomic mass is 15.0. The summed E-state index contributed by atoms with van der Waals surface area (Å²) in [5.74, 6) is 0. The minimum absolute atomic E-state index is 0.602. The van der Waals surface area contributed by atoms with Gasteiger partial charge >= 0.3 is 0 Å². The van der Waals surface area contributed by atoms with E-state index in [-0.39, 0.29) is 0 Å². The normalized spacial score (nSPS) is 11.7. The van der Waals surface area contributed by atoms with Crippen LogP contribution in [0.3, 0.4) is 0 Å². The maximum Gasteiger partial charge on any atom is 0.0825 e. The van der Waals surface area contributed by atoms with Crippen LogP contribution < -0.4 is 0 Å². The largest absolute Gasteiger partial charge is 0.316 e.